The predicted molar refractivity (Wildman–Crippen MR) is 161 cm³/mol. The lowest BCUT2D eigenvalue weighted by Crippen LogP contribution is -2.24. The zero-order chi connectivity index (χ0) is 31.2. The van der Waals surface area contributed by atoms with E-state index < -0.39 is 6.10 Å². The number of allylic oxidation sites excluding steroid dienone is 4. The van der Waals surface area contributed by atoms with Crippen molar-refractivity contribution in [2.75, 3.05) is 55.6 Å². The fourth-order valence-corrected chi connectivity index (χ4v) is 4.57. The van der Waals surface area contributed by atoms with E-state index in [0.717, 1.165) is 18.4 Å². The molecule has 1 atom stereocenters. The van der Waals surface area contributed by atoms with Crippen molar-refractivity contribution in [2.24, 2.45) is 0 Å². The Morgan fingerprint density at radius 3 is 2.09 bits per heavy atom. The van der Waals surface area contributed by atoms with Crippen LogP contribution in [0, 0.1) is 0 Å². The monoisotopic (exact) mass is 600 g/mol. The fourth-order valence-electron chi connectivity index (χ4n) is 4.57. The summed E-state index contributed by atoms with van der Waals surface area (Å²) in [6, 6.07) is 7.03. The van der Waals surface area contributed by atoms with Gasteiger partial charge in [0.05, 0.1) is 6.42 Å². The van der Waals surface area contributed by atoms with Crippen LogP contribution in [-0.4, -0.2) is 61.4 Å². The van der Waals surface area contributed by atoms with Gasteiger partial charge in [-0.2, -0.15) is 0 Å². The van der Waals surface area contributed by atoms with Crippen LogP contribution in [0.2, 0.25) is 0 Å². The Balaban J connectivity index is 2.09. The molecular weight excluding hydrogens is 556 g/mol. The third-order valence-corrected chi connectivity index (χ3v) is 6.64. The standard InChI is InChI=1S/C33H44O10/c1-22(2)9-8-10-23(3)11-13-26-29(41-20-37-6)17-31(42-21-38-7)32-27(34)16-30(43-33(26)32)25-14-12-24(39-18-35-4)15-28(25)40-19-36-5/h9,11-12,14-15,17,30H,8,10,13,16,18-21H2,1-7H3/b23-11+. The van der Waals surface area contributed by atoms with Gasteiger partial charge in [-0.1, -0.05) is 23.3 Å². The Hall–Kier alpha value is -3.57. The third-order valence-electron chi connectivity index (χ3n) is 6.64. The van der Waals surface area contributed by atoms with Gasteiger partial charge in [0.15, 0.2) is 33.0 Å². The van der Waals surface area contributed by atoms with E-state index in [1.807, 2.05) is 6.07 Å². The molecule has 0 N–H and O–H groups in total. The number of carbonyl (C=O) groups is 1. The van der Waals surface area contributed by atoms with Crippen LogP contribution in [0.1, 0.15) is 67.6 Å². The summed E-state index contributed by atoms with van der Waals surface area (Å²) in [5, 5.41) is 0. The van der Waals surface area contributed by atoms with Crippen molar-refractivity contribution in [2.45, 2.75) is 52.6 Å². The normalized spacial score (nSPS) is 14.5. The zero-order valence-corrected chi connectivity index (χ0v) is 26.3. The molecule has 0 spiro atoms. The first-order valence-electron chi connectivity index (χ1n) is 14.1. The number of methoxy groups -OCH3 is 4. The van der Waals surface area contributed by atoms with Crippen LogP contribution >= 0.6 is 0 Å². The maximum atomic E-state index is 13.8. The molecule has 236 valence electrons. The predicted octanol–water partition coefficient (Wildman–Crippen LogP) is 6.56. The first kappa shape index (κ1) is 33.9. The summed E-state index contributed by atoms with van der Waals surface area (Å²) < 4.78 is 50.5. The van der Waals surface area contributed by atoms with Crippen molar-refractivity contribution in [3.8, 4) is 28.7 Å². The van der Waals surface area contributed by atoms with Gasteiger partial charge >= 0.3 is 0 Å². The van der Waals surface area contributed by atoms with E-state index in [1.165, 1.54) is 25.4 Å². The van der Waals surface area contributed by atoms with E-state index >= 15 is 0 Å². The van der Waals surface area contributed by atoms with Gasteiger partial charge in [0.2, 0.25) is 0 Å². The van der Waals surface area contributed by atoms with E-state index in [-0.39, 0.29) is 39.4 Å². The van der Waals surface area contributed by atoms with Gasteiger partial charge in [-0.25, -0.2) is 0 Å². The van der Waals surface area contributed by atoms with E-state index in [4.69, 9.17) is 42.6 Å². The lowest BCUT2D eigenvalue weighted by atomic mass is 9.91. The molecule has 1 unspecified atom stereocenters. The summed E-state index contributed by atoms with van der Waals surface area (Å²) in [5.41, 5.74) is 4.24. The number of hydrogen-bond acceptors (Lipinski definition) is 10. The van der Waals surface area contributed by atoms with Crippen LogP contribution in [0.3, 0.4) is 0 Å². The maximum Gasteiger partial charge on any atom is 0.188 e. The second kappa shape index (κ2) is 17.5. The SMILES string of the molecule is COCOc1ccc(C2CC(=O)c3c(OCOC)cc(OCOC)c(C/C=C(\C)CCC=C(C)C)c3O2)c(OCOC)c1. The highest BCUT2D eigenvalue weighted by Gasteiger charge is 2.36. The van der Waals surface area contributed by atoms with Crippen LogP contribution in [-0.2, 0) is 25.4 Å². The van der Waals surface area contributed by atoms with E-state index in [0.29, 0.717) is 46.3 Å². The van der Waals surface area contributed by atoms with Gasteiger partial charge in [-0.3, -0.25) is 4.79 Å². The largest absolute Gasteiger partial charge is 0.484 e. The number of rotatable bonds is 18. The summed E-state index contributed by atoms with van der Waals surface area (Å²) in [6.07, 6.45) is 6.10. The van der Waals surface area contributed by atoms with Gasteiger partial charge in [-0.15, -0.1) is 0 Å². The van der Waals surface area contributed by atoms with Crippen molar-refractivity contribution < 1.29 is 47.4 Å². The molecule has 0 saturated heterocycles. The molecule has 0 aromatic heterocycles. The summed E-state index contributed by atoms with van der Waals surface area (Å²) in [7, 11) is 6.14. The van der Waals surface area contributed by atoms with Crippen molar-refractivity contribution in [3.63, 3.8) is 0 Å². The van der Waals surface area contributed by atoms with Gasteiger partial charge < -0.3 is 42.6 Å². The smallest absolute Gasteiger partial charge is 0.188 e. The molecule has 1 aliphatic heterocycles. The molecular formula is C33H44O10. The van der Waals surface area contributed by atoms with Crippen molar-refractivity contribution >= 4 is 5.78 Å². The van der Waals surface area contributed by atoms with Crippen molar-refractivity contribution in [3.05, 3.63) is 64.3 Å². The number of hydrogen-bond donors (Lipinski definition) is 0. The van der Waals surface area contributed by atoms with Crippen molar-refractivity contribution in [1.29, 1.82) is 0 Å². The number of benzene rings is 2. The minimum Gasteiger partial charge on any atom is -0.484 e. The van der Waals surface area contributed by atoms with Crippen LogP contribution in [0.15, 0.2) is 47.6 Å². The molecule has 2 aromatic carbocycles. The lowest BCUT2D eigenvalue weighted by Gasteiger charge is -2.30. The summed E-state index contributed by atoms with van der Waals surface area (Å²) in [6.45, 7) is 6.32. The Morgan fingerprint density at radius 2 is 1.44 bits per heavy atom. The minimum absolute atomic E-state index is 0.00403. The number of ether oxygens (including phenoxy) is 9. The fraction of sp³-hybridized carbons (Fsp3) is 0.485. The number of ketones is 1. The molecule has 0 fully saturated rings. The molecule has 1 heterocycles. The van der Waals surface area contributed by atoms with Crippen LogP contribution in [0.4, 0.5) is 0 Å². The molecule has 0 bridgehead atoms. The van der Waals surface area contributed by atoms with Crippen molar-refractivity contribution in [1.82, 2.24) is 0 Å². The van der Waals surface area contributed by atoms with Crippen LogP contribution < -0.4 is 23.7 Å². The number of fused-ring (bicyclic) bond motifs is 1. The Morgan fingerprint density at radius 1 is 0.814 bits per heavy atom. The zero-order valence-electron chi connectivity index (χ0n) is 26.3. The Bertz CT molecular complexity index is 1260. The van der Waals surface area contributed by atoms with Gasteiger partial charge in [0.1, 0.15) is 40.4 Å². The Labute approximate surface area is 254 Å². The molecule has 43 heavy (non-hydrogen) atoms. The topological polar surface area (TPSA) is 100 Å². The highest BCUT2D eigenvalue weighted by molar-refractivity contribution is 6.03. The molecule has 1 aliphatic rings. The average molecular weight is 601 g/mol. The highest BCUT2D eigenvalue weighted by atomic mass is 16.7. The summed E-state index contributed by atoms with van der Waals surface area (Å²) >= 11 is 0. The van der Waals surface area contributed by atoms with Crippen LogP contribution in [0.25, 0.3) is 0 Å². The van der Waals surface area contributed by atoms with Gasteiger partial charge in [-0.05, 0) is 52.2 Å². The highest BCUT2D eigenvalue weighted by Crippen LogP contribution is 2.48. The molecule has 0 aliphatic carbocycles. The summed E-state index contributed by atoms with van der Waals surface area (Å²) in [5.74, 6) is 2.08. The molecule has 0 radical (unpaired) electrons. The van der Waals surface area contributed by atoms with E-state index in [9.17, 15) is 4.79 Å². The van der Waals surface area contributed by atoms with Gasteiger partial charge in [0.25, 0.3) is 0 Å². The molecule has 0 amide bonds. The van der Waals surface area contributed by atoms with E-state index in [1.54, 1.807) is 32.4 Å². The minimum atomic E-state index is -0.655. The second-order valence-corrected chi connectivity index (χ2v) is 10.3. The first-order valence-corrected chi connectivity index (χ1v) is 14.1. The summed E-state index contributed by atoms with van der Waals surface area (Å²) in [4.78, 5) is 13.8. The van der Waals surface area contributed by atoms with Gasteiger partial charge in [0, 0.05) is 51.7 Å². The lowest BCUT2D eigenvalue weighted by molar-refractivity contribution is 0.0419. The number of Topliss-reactive ketones (excluding diaryl/α,β-unsaturated/α-hetero) is 1. The number of carbonyl (C=O) groups excluding carboxylic acids is 1. The molecule has 2 aromatic rings. The molecule has 3 rings (SSSR count). The molecule has 10 nitrogen and oxygen atoms in total. The average Bonchev–Trinajstić information content (AvgIpc) is 2.99. The molecule has 0 saturated carbocycles. The first-order chi connectivity index (χ1) is 20.8. The molecule has 10 heteroatoms. The second-order valence-electron chi connectivity index (χ2n) is 10.3. The Kier molecular flexibility index (Phi) is 13.8. The van der Waals surface area contributed by atoms with E-state index in [2.05, 4.69) is 32.9 Å². The third kappa shape index (κ3) is 9.72. The maximum absolute atomic E-state index is 13.8. The quantitative estimate of drug-likeness (QED) is 0.138. The van der Waals surface area contributed by atoms with Crippen LogP contribution in [0.5, 0.6) is 28.7 Å².